The molecule has 0 saturated carbocycles. The van der Waals surface area contributed by atoms with E-state index < -0.39 is 20.0 Å². The van der Waals surface area contributed by atoms with E-state index in [-0.39, 0.29) is 19.1 Å². The molecule has 0 heterocycles. The fourth-order valence-electron chi connectivity index (χ4n) is 14.0. The zero-order valence-corrected chi connectivity index (χ0v) is 66.3. The Morgan fingerprint density at radius 2 is 0.568 bits per heavy atom. The molecule has 9 heteroatoms. The van der Waals surface area contributed by atoms with E-state index in [0.29, 0.717) is 17.4 Å². The van der Waals surface area contributed by atoms with Crippen LogP contribution in [0.4, 0.5) is 0 Å². The van der Waals surface area contributed by atoms with Crippen LogP contribution in [-0.4, -0.2) is 68.5 Å². The van der Waals surface area contributed by atoms with Crippen LogP contribution in [0.2, 0.25) is 0 Å². The maximum atomic E-state index is 13.1. The number of likely N-dealkylation sites (N-methyl/N-ethyl adjacent to an activating group) is 1. The number of rotatable bonds is 83. The van der Waals surface area contributed by atoms with Gasteiger partial charge in [-0.2, -0.15) is 0 Å². The molecule has 0 saturated heterocycles. The molecule has 1 amide bonds. The molecule has 3 unspecified atom stereocenters. The molecule has 8 nitrogen and oxygen atoms in total. The van der Waals surface area contributed by atoms with Crippen LogP contribution in [0.5, 0.6) is 0 Å². The summed E-state index contributed by atoms with van der Waals surface area (Å²) in [6, 6.07) is -0.885. The molecule has 0 bridgehead atoms. The molecule has 0 aromatic carbocycles. The molecule has 0 radical (unpaired) electrons. The van der Waals surface area contributed by atoms with Crippen LogP contribution in [0.3, 0.4) is 0 Å². The first-order valence-electron chi connectivity index (χ1n) is 43.6. The van der Waals surface area contributed by atoms with Crippen LogP contribution >= 0.6 is 7.82 Å². The maximum Gasteiger partial charge on any atom is 0.268 e. The van der Waals surface area contributed by atoms with Crippen LogP contribution < -0.4 is 10.2 Å². The standard InChI is InChI=1S/C86H173N2O6P/c1-6-8-10-12-14-16-18-20-22-24-26-28-30-32-34-36-38-40-41-42-43-44-45-46-47-48-50-52-54-56-58-60-62-64-66-68-70-72-74-76-78-80-86(90)87-84(83-94-95(91,92)93-82-81-88(3,4)5)85(89)79-77-75-73-71-69-67-65-63-61-59-57-55-53-51-49-39-37-35-33-31-29-27-25-23-21-19-17-15-13-11-9-7-2/h77,79,84-85,89H,6-76,78,80-83H2,1-5H3,(H-,87,90,91,92)/b79-77+. The summed E-state index contributed by atoms with van der Waals surface area (Å²) in [6.45, 7) is 4.74. The van der Waals surface area contributed by atoms with Crippen LogP contribution in [-0.2, 0) is 18.4 Å². The Bertz CT molecular complexity index is 1560. The van der Waals surface area contributed by atoms with Crippen molar-refractivity contribution >= 4 is 13.7 Å². The molecular formula is C86H173N2O6P. The van der Waals surface area contributed by atoms with Crippen molar-refractivity contribution in [1.82, 2.24) is 5.32 Å². The van der Waals surface area contributed by atoms with Gasteiger partial charge in [-0.15, -0.1) is 0 Å². The third-order valence-electron chi connectivity index (χ3n) is 20.7. The Kier molecular flexibility index (Phi) is 76.8. The molecule has 0 aromatic rings. The molecule has 0 fully saturated rings. The number of nitrogens with one attached hydrogen (secondary N) is 1. The van der Waals surface area contributed by atoms with Gasteiger partial charge in [-0.05, 0) is 19.3 Å². The minimum absolute atomic E-state index is 0.00324. The number of phosphoric ester groups is 1. The van der Waals surface area contributed by atoms with Crippen LogP contribution in [0.25, 0.3) is 0 Å². The average molecular weight is 1360 g/mol. The van der Waals surface area contributed by atoms with Gasteiger partial charge >= 0.3 is 0 Å². The molecule has 0 aliphatic heterocycles. The number of phosphoric acid groups is 1. The molecular weight excluding hydrogens is 1190 g/mol. The second-order valence-electron chi connectivity index (χ2n) is 31.6. The number of carbonyl (C=O) groups excluding carboxylic acids is 1. The lowest BCUT2D eigenvalue weighted by Crippen LogP contribution is -2.45. The van der Waals surface area contributed by atoms with Crippen LogP contribution in [0.1, 0.15) is 483 Å². The van der Waals surface area contributed by atoms with Gasteiger partial charge in [0, 0.05) is 6.42 Å². The molecule has 95 heavy (non-hydrogen) atoms. The summed E-state index contributed by atoms with van der Waals surface area (Å²) in [6.07, 6.45) is 103. The highest BCUT2D eigenvalue weighted by atomic mass is 31.2. The van der Waals surface area contributed by atoms with Gasteiger partial charge in [0.2, 0.25) is 5.91 Å². The zero-order valence-electron chi connectivity index (χ0n) is 65.4. The lowest BCUT2D eigenvalue weighted by atomic mass is 10.0. The number of unbranched alkanes of at least 4 members (excludes halogenated alkanes) is 70. The highest BCUT2D eigenvalue weighted by Gasteiger charge is 2.23. The third-order valence-corrected chi connectivity index (χ3v) is 21.7. The predicted molar refractivity (Wildman–Crippen MR) is 418 cm³/mol. The second kappa shape index (κ2) is 77.4. The fraction of sp³-hybridized carbons (Fsp3) is 0.965. The lowest BCUT2D eigenvalue weighted by Gasteiger charge is -2.29. The van der Waals surface area contributed by atoms with Gasteiger partial charge in [-0.3, -0.25) is 9.36 Å². The summed E-state index contributed by atoms with van der Waals surface area (Å²) < 4.78 is 23.6. The van der Waals surface area contributed by atoms with Gasteiger partial charge in [0.05, 0.1) is 39.9 Å². The smallest absolute Gasteiger partial charge is 0.268 e. The summed E-state index contributed by atoms with van der Waals surface area (Å²) >= 11 is 0. The summed E-state index contributed by atoms with van der Waals surface area (Å²) in [5.74, 6) is -0.185. The molecule has 0 rings (SSSR count). The van der Waals surface area contributed by atoms with Crippen molar-refractivity contribution in [2.75, 3.05) is 40.9 Å². The van der Waals surface area contributed by atoms with E-state index >= 15 is 0 Å². The minimum Gasteiger partial charge on any atom is -0.756 e. The van der Waals surface area contributed by atoms with E-state index in [9.17, 15) is 19.4 Å². The summed E-state index contributed by atoms with van der Waals surface area (Å²) in [5, 5.41) is 14.0. The molecule has 0 spiro atoms. The summed E-state index contributed by atoms with van der Waals surface area (Å²) in [4.78, 5) is 25.7. The first-order valence-corrected chi connectivity index (χ1v) is 45.0. The van der Waals surface area contributed by atoms with E-state index in [1.54, 1.807) is 6.08 Å². The minimum atomic E-state index is -4.61. The van der Waals surface area contributed by atoms with Gasteiger partial charge in [0.15, 0.2) is 0 Å². The quantitative estimate of drug-likeness (QED) is 0.0272. The summed E-state index contributed by atoms with van der Waals surface area (Å²) in [5.41, 5.74) is 0. The van der Waals surface area contributed by atoms with E-state index in [2.05, 4.69) is 19.2 Å². The van der Waals surface area contributed by atoms with Crippen molar-refractivity contribution in [3.8, 4) is 0 Å². The average Bonchev–Trinajstić information content (AvgIpc) is 2.44. The monoisotopic (exact) mass is 1360 g/mol. The number of nitrogens with zero attached hydrogens (tertiary/aromatic N) is 1. The number of aliphatic hydroxyl groups is 1. The molecule has 0 aromatic heterocycles. The van der Waals surface area contributed by atoms with E-state index in [1.807, 2.05) is 27.2 Å². The van der Waals surface area contributed by atoms with Crippen molar-refractivity contribution in [2.24, 2.45) is 0 Å². The number of carbonyl (C=O) groups is 1. The normalized spacial score (nSPS) is 13.4. The summed E-state index contributed by atoms with van der Waals surface area (Å²) in [7, 11) is 1.29. The van der Waals surface area contributed by atoms with Crippen molar-refractivity contribution in [2.45, 2.75) is 495 Å². The third kappa shape index (κ3) is 80.4. The molecule has 568 valence electrons. The van der Waals surface area contributed by atoms with E-state index in [0.717, 1.165) is 38.5 Å². The molecule has 2 N–H and O–H groups in total. The topological polar surface area (TPSA) is 108 Å². The van der Waals surface area contributed by atoms with Crippen molar-refractivity contribution in [3.63, 3.8) is 0 Å². The Morgan fingerprint density at radius 3 is 0.789 bits per heavy atom. The zero-order chi connectivity index (χ0) is 69.0. The number of aliphatic hydroxyl groups excluding tert-OH is 1. The van der Waals surface area contributed by atoms with E-state index in [1.165, 1.54) is 424 Å². The van der Waals surface area contributed by atoms with Crippen LogP contribution in [0, 0.1) is 0 Å². The number of allylic oxidation sites excluding steroid dienone is 1. The van der Waals surface area contributed by atoms with Crippen molar-refractivity contribution in [1.29, 1.82) is 0 Å². The van der Waals surface area contributed by atoms with Gasteiger partial charge in [0.25, 0.3) is 7.82 Å². The Hall–Kier alpha value is -0.760. The highest BCUT2D eigenvalue weighted by molar-refractivity contribution is 7.45. The van der Waals surface area contributed by atoms with E-state index in [4.69, 9.17) is 9.05 Å². The van der Waals surface area contributed by atoms with Crippen LogP contribution in [0.15, 0.2) is 12.2 Å². The number of quaternary nitrogens is 1. The SMILES string of the molecule is CCCCCCCCCCCCCCCCCCCCCCCCCCCCCCCC/C=C/C(O)C(COP(=O)([O-])OCC[N+](C)(C)C)NC(=O)CCCCCCCCCCCCCCCCCCCCCCCCCCCCCCCCCCCCCCCCCCC. The van der Waals surface area contributed by atoms with Gasteiger partial charge in [0.1, 0.15) is 13.2 Å². The highest BCUT2D eigenvalue weighted by Crippen LogP contribution is 2.38. The second-order valence-corrected chi connectivity index (χ2v) is 33.0. The number of amides is 1. The van der Waals surface area contributed by atoms with Gasteiger partial charge in [-0.25, -0.2) is 0 Å². The van der Waals surface area contributed by atoms with Crippen molar-refractivity contribution in [3.05, 3.63) is 12.2 Å². The number of hydrogen-bond donors (Lipinski definition) is 2. The Balaban J connectivity index is 3.86. The fourth-order valence-corrected chi connectivity index (χ4v) is 14.8. The molecule has 0 aliphatic carbocycles. The largest absolute Gasteiger partial charge is 0.756 e. The maximum absolute atomic E-state index is 13.1. The van der Waals surface area contributed by atoms with Gasteiger partial charge < -0.3 is 28.8 Å². The Labute approximate surface area is 596 Å². The Morgan fingerprint density at radius 1 is 0.358 bits per heavy atom. The first-order chi connectivity index (χ1) is 46.5. The number of hydrogen-bond acceptors (Lipinski definition) is 6. The molecule has 3 atom stereocenters. The molecule has 0 aliphatic rings. The van der Waals surface area contributed by atoms with Crippen molar-refractivity contribution < 1.29 is 32.9 Å². The van der Waals surface area contributed by atoms with Gasteiger partial charge in [-0.1, -0.05) is 469 Å². The lowest BCUT2D eigenvalue weighted by molar-refractivity contribution is -0.870. The predicted octanol–water partition coefficient (Wildman–Crippen LogP) is 28.1. The first kappa shape index (κ1) is 94.2.